The molecule has 0 aliphatic carbocycles. The van der Waals surface area contributed by atoms with Crippen molar-refractivity contribution < 1.29 is 4.79 Å². The van der Waals surface area contributed by atoms with Crippen LogP contribution in [0.5, 0.6) is 0 Å². The summed E-state index contributed by atoms with van der Waals surface area (Å²) in [6.45, 7) is 5.55. The fraction of sp³-hybridized carbons (Fsp3) is 0.421. The molecule has 4 rings (SSSR count). The molecule has 2 bridgehead atoms. The number of hydrogen-bond acceptors (Lipinski definition) is 4. The number of piperidine rings is 1. The van der Waals surface area contributed by atoms with Gasteiger partial charge in [0.05, 0.1) is 4.21 Å². The Morgan fingerprint density at radius 2 is 2.04 bits per heavy atom. The second-order valence-electron chi connectivity index (χ2n) is 6.81. The molecule has 1 aromatic heterocycles. The maximum Gasteiger partial charge on any atom is 0.251 e. The van der Waals surface area contributed by atoms with Crippen molar-refractivity contribution in [1.29, 1.82) is 0 Å². The van der Waals surface area contributed by atoms with Gasteiger partial charge in [0, 0.05) is 34.5 Å². The lowest BCUT2D eigenvalue weighted by Gasteiger charge is -2.30. The van der Waals surface area contributed by atoms with Crippen molar-refractivity contribution in [3.05, 3.63) is 46.8 Å². The van der Waals surface area contributed by atoms with E-state index in [1.54, 1.807) is 23.1 Å². The first-order valence-corrected chi connectivity index (χ1v) is 10.2. The number of benzene rings is 1. The quantitative estimate of drug-likeness (QED) is 0.895. The van der Waals surface area contributed by atoms with E-state index < -0.39 is 0 Å². The molecule has 0 spiro atoms. The molecule has 5 heteroatoms. The van der Waals surface area contributed by atoms with Gasteiger partial charge >= 0.3 is 0 Å². The molecule has 24 heavy (non-hydrogen) atoms. The molecule has 2 saturated heterocycles. The van der Waals surface area contributed by atoms with E-state index in [-0.39, 0.29) is 5.91 Å². The van der Waals surface area contributed by atoms with E-state index in [4.69, 9.17) is 0 Å². The third-order valence-corrected chi connectivity index (χ3v) is 6.99. The average molecular weight is 359 g/mol. The first-order chi connectivity index (χ1) is 11.7. The maximum atomic E-state index is 12.5. The lowest BCUT2D eigenvalue weighted by atomic mass is 9.96. The van der Waals surface area contributed by atoms with Gasteiger partial charge in [-0.05, 0) is 68.6 Å². The number of aryl methyl sites for hydroxylation is 1. The predicted molar refractivity (Wildman–Crippen MR) is 100 cm³/mol. The number of nitrogens with zero attached hydrogens (tertiary/aromatic N) is 1. The third kappa shape index (κ3) is 3.68. The Balaban J connectivity index is 1.36. The minimum absolute atomic E-state index is 0.0611. The maximum absolute atomic E-state index is 12.5. The van der Waals surface area contributed by atoms with Gasteiger partial charge < -0.3 is 10.2 Å². The highest BCUT2D eigenvalue weighted by molar-refractivity contribution is 8.01. The van der Waals surface area contributed by atoms with E-state index in [0.29, 0.717) is 6.04 Å². The summed E-state index contributed by atoms with van der Waals surface area (Å²) in [5, 5.41) is 3.22. The number of rotatable bonds is 4. The highest BCUT2D eigenvalue weighted by atomic mass is 32.2. The lowest BCUT2D eigenvalue weighted by Crippen LogP contribution is -2.47. The topological polar surface area (TPSA) is 32.3 Å². The molecule has 1 unspecified atom stereocenters. The van der Waals surface area contributed by atoms with E-state index in [1.807, 2.05) is 24.3 Å². The fourth-order valence-corrected chi connectivity index (χ4v) is 5.77. The van der Waals surface area contributed by atoms with Crippen LogP contribution in [-0.2, 0) is 0 Å². The number of carbonyl (C=O) groups is 1. The number of thiophene rings is 1. The van der Waals surface area contributed by atoms with Crippen LogP contribution in [0.3, 0.4) is 0 Å². The first kappa shape index (κ1) is 16.2. The van der Waals surface area contributed by atoms with Gasteiger partial charge in [0.15, 0.2) is 0 Å². The number of carbonyl (C=O) groups excluding carboxylic acids is 1. The molecule has 1 amide bonds. The minimum Gasteiger partial charge on any atom is -0.348 e. The van der Waals surface area contributed by atoms with Crippen LogP contribution in [0.4, 0.5) is 0 Å². The average Bonchev–Trinajstić information content (AvgIpc) is 3.13. The van der Waals surface area contributed by atoms with Crippen LogP contribution in [0.25, 0.3) is 0 Å². The van der Waals surface area contributed by atoms with Crippen LogP contribution in [0, 0.1) is 12.8 Å². The molecule has 1 N–H and O–H groups in total. The normalized spacial score (nSPS) is 25.6. The highest BCUT2D eigenvalue weighted by Crippen LogP contribution is 2.33. The van der Waals surface area contributed by atoms with Crippen LogP contribution in [-0.4, -0.2) is 36.5 Å². The molecule has 0 saturated carbocycles. The summed E-state index contributed by atoms with van der Waals surface area (Å²) in [7, 11) is 0. The molecule has 2 aliphatic heterocycles. The molecule has 1 aromatic carbocycles. The molecular formula is C19H22N2OS2. The molecule has 126 valence electrons. The largest absolute Gasteiger partial charge is 0.348 e. The van der Waals surface area contributed by atoms with Gasteiger partial charge in [-0.1, -0.05) is 11.8 Å². The van der Waals surface area contributed by atoms with Crippen molar-refractivity contribution in [2.75, 3.05) is 19.6 Å². The van der Waals surface area contributed by atoms with E-state index in [1.165, 1.54) is 33.5 Å². The fourth-order valence-electron chi connectivity index (χ4n) is 3.69. The summed E-state index contributed by atoms with van der Waals surface area (Å²) in [6, 6.07) is 12.6. The summed E-state index contributed by atoms with van der Waals surface area (Å²) in [4.78, 5) is 17.5. The molecule has 2 aromatic rings. The Kier molecular flexibility index (Phi) is 4.66. The first-order valence-electron chi connectivity index (χ1n) is 8.53. The Labute approximate surface area is 151 Å². The molecule has 3 nitrogen and oxygen atoms in total. The van der Waals surface area contributed by atoms with Gasteiger partial charge in [0.25, 0.3) is 5.91 Å². The van der Waals surface area contributed by atoms with E-state index in [0.717, 1.165) is 24.4 Å². The van der Waals surface area contributed by atoms with Crippen LogP contribution in [0.2, 0.25) is 0 Å². The van der Waals surface area contributed by atoms with Gasteiger partial charge in [-0.3, -0.25) is 4.79 Å². The highest BCUT2D eigenvalue weighted by Gasteiger charge is 2.32. The van der Waals surface area contributed by atoms with Crippen molar-refractivity contribution in [2.45, 2.75) is 34.9 Å². The molecule has 0 radical (unpaired) electrons. The van der Waals surface area contributed by atoms with Crippen LogP contribution in [0.1, 0.15) is 28.1 Å². The zero-order chi connectivity index (χ0) is 16.5. The third-order valence-electron chi connectivity index (χ3n) is 4.85. The van der Waals surface area contributed by atoms with Gasteiger partial charge in [0.2, 0.25) is 0 Å². The number of amides is 1. The van der Waals surface area contributed by atoms with E-state index in [2.05, 4.69) is 29.3 Å². The van der Waals surface area contributed by atoms with Gasteiger partial charge in [0.1, 0.15) is 0 Å². The predicted octanol–water partition coefficient (Wildman–Crippen LogP) is 4.03. The SMILES string of the molecule is Cc1ccc(Sc2ccc(C(=O)N[C@@H]3C[C@H]4CCN(C4)C3)cc2)s1. The van der Waals surface area contributed by atoms with E-state index >= 15 is 0 Å². The van der Waals surface area contributed by atoms with Crippen LogP contribution in [0.15, 0.2) is 45.5 Å². The van der Waals surface area contributed by atoms with Crippen molar-refractivity contribution in [3.8, 4) is 0 Å². The molecule has 2 fully saturated rings. The van der Waals surface area contributed by atoms with Crippen molar-refractivity contribution in [1.82, 2.24) is 10.2 Å². The second kappa shape index (κ2) is 6.90. The van der Waals surface area contributed by atoms with Crippen molar-refractivity contribution in [3.63, 3.8) is 0 Å². The van der Waals surface area contributed by atoms with Crippen LogP contribution >= 0.6 is 23.1 Å². The zero-order valence-electron chi connectivity index (χ0n) is 13.8. The van der Waals surface area contributed by atoms with Gasteiger partial charge in [-0.25, -0.2) is 0 Å². The summed E-state index contributed by atoms with van der Waals surface area (Å²) in [6.07, 6.45) is 2.42. The van der Waals surface area contributed by atoms with Gasteiger partial charge in [-0.15, -0.1) is 11.3 Å². The Morgan fingerprint density at radius 1 is 1.21 bits per heavy atom. The monoisotopic (exact) mass is 358 g/mol. The Bertz CT molecular complexity index is 713. The summed E-state index contributed by atoms with van der Waals surface area (Å²) < 4.78 is 1.29. The standard InChI is InChI=1S/C19H22N2OS2/c1-13-2-7-18(23-13)24-17-5-3-15(4-6-17)19(22)20-16-10-14-8-9-21(11-14)12-16/h2-7,14,16H,8-12H2,1H3,(H,20,22)/t14-,16-/m1/s1. The van der Waals surface area contributed by atoms with Crippen molar-refractivity contribution >= 4 is 29.0 Å². The Hall–Kier alpha value is -1.30. The van der Waals surface area contributed by atoms with Crippen LogP contribution < -0.4 is 5.32 Å². The second-order valence-corrected chi connectivity index (χ2v) is 9.47. The summed E-state index contributed by atoms with van der Waals surface area (Å²) in [5.74, 6) is 0.836. The number of nitrogens with one attached hydrogen (secondary N) is 1. The minimum atomic E-state index is 0.0611. The lowest BCUT2D eigenvalue weighted by molar-refractivity contribution is 0.0909. The summed E-state index contributed by atoms with van der Waals surface area (Å²) in [5.41, 5.74) is 0.759. The summed E-state index contributed by atoms with van der Waals surface area (Å²) >= 11 is 3.56. The number of hydrogen-bond donors (Lipinski definition) is 1. The van der Waals surface area contributed by atoms with Crippen molar-refractivity contribution in [2.24, 2.45) is 5.92 Å². The molecule has 3 atom stereocenters. The molecule has 2 aliphatic rings. The molecular weight excluding hydrogens is 336 g/mol. The van der Waals surface area contributed by atoms with Gasteiger partial charge in [-0.2, -0.15) is 0 Å². The van der Waals surface area contributed by atoms with E-state index in [9.17, 15) is 4.79 Å². The Morgan fingerprint density at radius 3 is 2.75 bits per heavy atom. The molecule has 3 heterocycles. The zero-order valence-corrected chi connectivity index (χ0v) is 15.5. The number of fused-ring (bicyclic) bond motifs is 2. The smallest absolute Gasteiger partial charge is 0.251 e.